The van der Waals surface area contributed by atoms with Gasteiger partial charge in [-0.25, -0.2) is 0 Å². The highest BCUT2D eigenvalue weighted by Crippen LogP contribution is 2.22. The lowest BCUT2D eigenvalue weighted by Gasteiger charge is -2.20. The SMILES string of the molecule is CC1CCCC(NCCC(N)C(C)C)CC1. The van der Waals surface area contributed by atoms with E-state index >= 15 is 0 Å². The zero-order chi connectivity index (χ0) is 12.0. The summed E-state index contributed by atoms with van der Waals surface area (Å²) in [4.78, 5) is 0. The number of hydrogen-bond donors (Lipinski definition) is 2. The van der Waals surface area contributed by atoms with Gasteiger partial charge in [-0.05, 0) is 44.1 Å². The van der Waals surface area contributed by atoms with Crippen LogP contribution in [0.2, 0.25) is 0 Å². The Hall–Kier alpha value is -0.0800. The van der Waals surface area contributed by atoms with E-state index in [1.54, 1.807) is 0 Å². The van der Waals surface area contributed by atoms with Crippen LogP contribution in [-0.4, -0.2) is 18.6 Å². The van der Waals surface area contributed by atoms with Crippen LogP contribution in [0.1, 0.15) is 59.3 Å². The van der Waals surface area contributed by atoms with Gasteiger partial charge in [0.2, 0.25) is 0 Å². The first-order chi connectivity index (χ1) is 7.59. The summed E-state index contributed by atoms with van der Waals surface area (Å²) in [6, 6.07) is 1.11. The average molecular weight is 226 g/mol. The van der Waals surface area contributed by atoms with E-state index in [-0.39, 0.29) is 0 Å². The molecule has 0 spiro atoms. The van der Waals surface area contributed by atoms with E-state index in [4.69, 9.17) is 5.73 Å². The maximum atomic E-state index is 6.05. The molecule has 2 nitrogen and oxygen atoms in total. The van der Waals surface area contributed by atoms with Gasteiger partial charge in [0.15, 0.2) is 0 Å². The van der Waals surface area contributed by atoms with Crippen molar-refractivity contribution in [2.24, 2.45) is 17.6 Å². The first-order valence-corrected chi connectivity index (χ1v) is 7.08. The predicted molar refractivity (Wildman–Crippen MR) is 71.5 cm³/mol. The van der Waals surface area contributed by atoms with Gasteiger partial charge in [0.05, 0.1) is 0 Å². The van der Waals surface area contributed by atoms with Crippen LogP contribution in [0, 0.1) is 11.8 Å². The molecule has 0 aromatic rings. The van der Waals surface area contributed by atoms with Gasteiger partial charge in [0.25, 0.3) is 0 Å². The minimum absolute atomic E-state index is 0.359. The molecule has 0 aromatic carbocycles. The normalized spacial score (nSPS) is 29.1. The molecule has 1 saturated carbocycles. The molecule has 1 fully saturated rings. The summed E-state index contributed by atoms with van der Waals surface area (Å²) in [5, 5.41) is 3.69. The molecule has 0 saturated heterocycles. The summed E-state index contributed by atoms with van der Waals surface area (Å²) in [5.41, 5.74) is 6.05. The molecule has 0 aliphatic heterocycles. The van der Waals surface area contributed by atoms with Gasteiger partial charge in [-0.3, -0.25) is 0 Å². The Kier molecular flexibility index (Phi) is 6.37. The average Bonchev–Trinajstić information content (AvgIpc) is 2.43. The second kappa shape index (κ2) is 7.29. The molecule has 0 amide bonds. The van der Waals surface area contributed by atoms with Crippen LogP contribution in [0.15, 0.2) is 0 Å². The Labute approximate surface area is 101 Å². The molecule has 2 heteroatoms. The fourth-order valence-electron chi connectivity index (χ4n) is 2.48. The van der Waals surface area contributed by atoms with Crippen LogP contribution in [0.3, 0.4) is 0 Å². The molecule has 3 unspecified atom stereocenters. The molecular weight excluding hydrogens is 196 g/mol. The minimum atomic E-state index is 0.359. The smallest absolute Gasteiger partial charge is 0.00739 e. The van der Waals surface area contributed by atoms with Crippen molar-refractivity contribution in [2.45, 2.75) is 71.4 Å². The van der Waals surface area contributed by atoms with Crippen LogP contribution in [0.4, 0.5) is 0 Å². The van der Waals surface area contributed by atoms with Crippen molar-refractivity contribution in [3.63, 3.8) is 0 Å². The van der Waals surface area contributed by atoms with E-state index in [1.165, 1.54) is 32.1 Å². The standard InChI is InChI=1S/C14H30N2/c1-11(2)14(15)9-10-16-13-6-4-5-12(3)7-8-13/h11-14,16H,4-10,15H2,1-3H3. The van der Waals surface area contributed by atoms with E-state index in [1.807, 2.05) is 0 Å². The topological polar surface area (TPSA) is 38.0 Å². The van der Waals surface area contributed by atoms with Crippen molar-refractivity contribution in [3.05, 3.63) is 0 Å². The van der Waals surface area contributed by atoms with E-state index in [0.717, 1.165) is 24.9 Å². The highest BCUT2D eigenvalue weighted by atomic mass is 14.9. The second-order valence-electron chi connectivity index (χ2n) is 5.96. The van der Waals surface area contributed by atoms with Gasteiger partial charge >= 0.3 is 0 Å². The third-order valence-corrected chi connectivity index (χ3v) is 4.02. The molecule has 0 heterocycles. The fraction of sp³-hybridized carbons (Fsp3) is 1.00. The molecular formula is C14H30N2. The van der Waals surface area contributed by atoms with Crippen LogP contribution in [0.5, 0.6) is 0 Å². The van der Waals surface area contributed by atoms with Crippen molar-refractivity contribution < 1.29 is 0 Å². The van der Waals surface area contributed by atoms with Gasteiger partial charge in [-0.1, -0.05) is 33.6 Å². The van der Waals surface area contributed by atoms with Gasteiger partial charge in [-0.15, -0.1) is 0 Å². The van der Waals surface area contributed by atoms with Gasteiger partial charge in [0.1, 0.15) is 0 Å². The number of rotatable bonds is 5. The molecule has 96 valence electrons. The quantitative estimate of drug-likeness (QED) is 0.707. The fourth-order valence-corrected chi connectivity index (χ4v) is 2.48. The highest BCUT2D eigenvalue weighted by Gasteiger charge is 2.16. The van der Waals surface area contributed by atoms with Crippen LogP contribution < -0.4 is 11.1 Å². The first-order valence-electron chi connectivity index (χ1n) is 7.08. The monoisotopic (exact) mass is 226 g/mol. The lowest BCUT2D eigenvalue weighted by molar-refractivity contribution is 0.404. The lowest BCUT2D eigenvalue weighted by Crippen LogP contribution is -2.35. The Bertz CT molecular complexity index is 180. The Morgan fingerprint density at radius 2 is 1.94 bits per heavy atom. The van der Waals surface area contributed by atoms with Gasteiger partial charge in [-0.2, -0.15) is 0 Å². The van der Waals surface area contributed by atoms with Crippen LogP contribution >= 0.6 is 0 Å². The van der Waals surface area contributed by atoms with Gasteiger partial charge in [0, 0.05) is 12.1 Å². The summed E-state index contributed by atoms with van der Waals surface area (Å²) >= 11 is 0. The highest BCUT2D eigenvalue weighted by molar-refractivity contribution is 4.75. The molecule has 0 radical (unpaired) electrons. The van der Waals surface area contributed by atoms with E-state index in [9.17, 15) is 0 Å². The van der Waals surface area contributed by atoms with Crippen molar-refractivity contribution >= 4 is 0 Å². The molecule has 3 N–H and O–H groups in total. The molecule has 0 aromatic heterocycles. The molecule has 1 aliphatic rings. The maximum absolute atomic E-state index is 6.05. The van der Waals surface area contributed by atoms with Crippen molar-refractivity contribution in [2.75, 3.05) is 6.54 Å². The molecule has 16 heavy (non-hydrogen) atoms. The third-order valence-electron chi connectivity index (χ3n) is 4.02. The largest absolute Gasteiger partial charge is 0.327 e. The van der Waals surface area contributed by atoms with Crippen LogP contribution in [0.25, 0.3) is 0 Å². The molecule has 0 bridgehead atoms. The zero-order valence-corrected chi connectivity index (χ0v) is 11.3. The summed E-state index contributed by atoms with van der Waals surface area (Å²) in [6.45, 7) is 7.89. The number of hydrogen-bond acceptors (Lipinski definition) is 2. The molecule has 1 aliphatic carbocycles. The summed E-state index contributed by atoms with van der Waals surface area (Å²) in [5.74, 6) is 1.54. The van der Waals surface area contributed by atoms with Gasteiger partial charge < -0.3 is 11.1 Å². The summed E-state index contributed by atoms with van der Waals surface area (Å²) in [6.07, 6.45) is 8.05. The van der Waals surface area contributed by atoms with Crippen LogP contribution in [-0.2, 0) is 0 Å². The second-order valence-corrected chi connectivity index (χ2v) is 5.96. The van der Waals surface area contributed by atoms with E-state index in [0.29, 0.717) is 12.0 Å². The number of nitrogens with two attached hydrogens (primary N) is 1. The van der Waals surface area contributed by atoms with E-state index < -0.39 is 0 Å². The van der Waals surface area contributed by atoms with Crippen molar-refractivity contribution in [1.82, 2.24) is 5.32 Å². The van der Waals surface area contributed by atoms with Crippen molar-refractivity contribution in [1.29, 1.82) is 0 Å². The zero-order valence-electron chi connectivity index (χ0n) is 11.3. The number of nitrogens with one attached hydrogen (secondary N) is 1. The summed E-state index contributed by atoms with van der Waals surface area (Å²) < 4.78 is 0. The Morgan fingerprint density at radius 1 is 1.19 bits per heavy atom. The minimum Gasteiger partial charge on any atom is -0.327 e. The maximum Gasteiger partial charge on any atom is 0.00739 e. The molecule has 3 atom stereocenters. The Morgan fingerprint density at radius 3 is 2.62 bits per heavy atom. The van der Waals surface area contributed by atoms with Crippen molar-refractivity contribution in [3.8, 4) is 0 Å². The van der Waals surface area contributed by atoms with E-state index in [2.05, 4.69) is 26.1 Å². The summed E-state index contributed by atoms with van der Waals surface area (Å²) in [7, 11) is 0. The molecule has 1 rings (SSSR count). The lowest BCUT2D eigenvalue weighted by atomic mass is 10.0. The first kappa shape index (κ1) is 14.0. The Balaban J connectivity index is 2.12. The predicted octanol–water partition coefficient (Wildman–Crippen LogP) is 2.92. The third kappa shape index (κ3) is 5.31.